The molecule has 7 heteroatoms. The van der Waals surface area contributed by atoms with E-state index >= 15 is 0 Å². The average Bonchev–Trinajstić information content (AvgIpc) is 2.61. The monoisotopic (exact) mass is 360 g/mol. The maximum atomic E-state index is 12.0. The highest BCUT2D eigenvalue weighted by molar-refractivity contribution is 7.98. The zero-order chi connectivity index (χ0) is 17.6. The van der Waals surface area contributed by atoms with E-state index in [0.717, 1.165) is 25.7 Å². The van der Waals surface area contributed by atoms with Crippen LogP contribution < -0.4 is 16.6 Å². The van der Waals surface area contributed by atoms with Crippen molar-refractivity contribution in [1.82, 2.24) is 15.3 Å². The van der Waals surface area contributed by atoms with Crippen molar-refractivity contribution in [1.29, 1.82) is 0 Å². The zero-order valence-corrected chi connectivity index (χ0v) is 15.0. The van der Waals surface area contributed by atoms with E-state index in [1.165, 1.54) is 0 Å². The molecule has 1 fully saturated rings. The second kappa shape index (κ2) is 8.49. The molecule has 1 amide bonds. The summed E-state index contributed by atoms with van der Waals surface area (Å²) in [5.41, 5.74) is 6.47. The number of carbonyl (C=O) groups excluding carboxylic acids is 1. The van der Waals surface area contributed by atoms with Crippen LogP contribution in [0.4, 0.5) is 0 Å². The minimum atomic E-state index is -0.116. The molecular weight excluding hydrogens is 336 g/mol. The Bertz CT molecular complexity index is 784. The van der Waals surface area contributed by atoms with Gasteiger partial charge in [-0.1, -0.05) is 12.1 Å². The quantitative estimate of drug-likeness (QED) is 0.684. The Morgan fingerprint density at radius 2 is 2.04 bits per heavy atom. The van der Waals surface area contributed by atoms with Gasteiger partial charge in [0.1, 0.15) is 5.82 Å². The number of nitrogens with two attached hydrogens (primary N) is 1. The molecule has 0 unspecified atom stereocenters. The number of hydrogen-bond acceptors (Lipinski definition) is 5. The number of para-hydroxylation sites is 1. The molecule has 1 heterocycles. The third-order valence-electron chi connectivity index (χ3n) is 4.51. The number of aromatic nitrogens is 2. The molecule has 0 aliphatic heterocycles. The molecule has 1 aromatic heterocycles. The molecular formula is C18H24N4O2S. The lowest BCUT2D eigenvalue weighted by atomic mass is 9.92. The molecule has 0 spiro atoms. The molecule has 1 aliphatic rings. The van der Waals surface area contributed by atoms with Crippen molar-refractivity contribution in [2.45, 2.75) is 49.9 Å². The van der Waals surface area contributed by atoms with Gasteiger partial charge in [0.15, 0.2) is 0 Å². The second-order valence-electron chi connectivity index (χ2n) is 6.51. The Morgan fingerprint density at radius 3 is 2.84 bits per heavy atom. The lowest BCUT2D eigenvalue weighted by molar-refractivity contribution is -0.121. The van der Waals surface area contributed by atoms with Gasteiger partial charge in [0.25, 0.3) is 5.56 Å². The fraction of sp³-hybridized carbons (Fsp3) is 0.500. The van der Waals surface area contributed by atoms with E-state index < -0.39 is 0 Å². The van der Waals surface area contributed by atoms with Crippen LogP contribution in [0.2, 0.25) is 0 Å². The summed E-state index contributed by atoms with van der Waals surface area (Å²) in [6.45, 7) is 0. The second-order valence-corrected chi connectivity index (χ2v) is 7.62. The van der Waals surface area contributed by atoms with E-state index in [-0.39, 0.29) is 17.5 Å². The lowest BCUT2D eigenvalue weighted by Crippen LogP contribution is -2.40. The first-order valence-electron chi connectivity index (χ1n) is 8.72. The highest BCUT2D eigenvalue weighted by Gasteiger charge is 2.19. The van der Waals surface area contributed by atoms with Crippen LogP contribution in [0.15, 0.2) is 29.1 Å². The van der Waals surface area contributed by atoms with Crippen molar-refractivity contribution >= 4 is 28.6 Å². The summed E-state index contributed by atoms with van der Waals surface area (Å²) in [5.74, 6) is 2.03. The topological polar surface area (TPSA) is 101 Å². The molecule has 0 saturated heterocycles. The summed E-state index contributed by atoms with van der Waals surface area (Å²) in [7, 11) is 0. The number of amides is 1. The fourth-order valence-corrected chi connectivity index (χ4v) is 3.90. The van der Waals surface area contributed by atoms with Gasteiger partial charge in [-0.3, -0.25) is 9.59 Å². The molecule has 1 aliphatic carbocycles. The zero-order valence-electron chi connectivity index (χ0n) is 14.2. The van der Waals surface area contributed by atoms with Crippen molar-refractivity contribution < 1.29 is 4.79 Å². The summed E-state index contributed by atoms with van der Waals surface area (Å²) in [5, 5.41) is 3.69. The van der Waals surface area contributed by atoms with Gasteiger partial charge < -0.3 is 16.0 Å². The maximum absolute atomic E-state index is 12.0. The first-order valence-corrected chi connectivity index (χ1v) is 9.88. The van der Waals surface area contributed by atoms with Crippen molar-refractivity contribution in [3.8, 4) is 0 Å². The number of nitrogens with one attached hydrogen (secondary N) is 2. The van der Waals surface area contributed by atoms with Gasteiger partial charge >= 0.3 is 0 Å². The number of H-pyrrole nitrogens is 1. The molecule has 0 radical (unpaired) electrons. The lowest BCUT2D eigenvalue weighted by Gasteiger charge is -2.26. The fourth-order valence-electron chi connectivity index (χ4n) is 3.10. The van der Waals surface area contributed by atoms with Crippen molar-refractivity contribution in [3.05, 3.63) is 40.4 Å². The van der Waals surface area contributed by atoms with Crippen molar-refractivity contribution in [3.63, 3.8) is 0 Å². The van der Waals surface area contributed by atoms with E-state index in [9.17, 15) is 9.59 Å². The minimum absolute atomic E-state index is 0.0907. The highest BCUT2D eigenvalue weighted by atomic mass is 32.2. The number of aromatic amines is 1. The number of fused-ring (bicyclic) bond motifs is 1. The van der Waals surface area contributed by atoms with E-state index in [2.05, 4.69) is 15.3 Å². The number of carbonyl (C=O) groups is 1. The predicted octanol–water partition coefficient (Wildman–Crippen LogP) is 1.93. The van der Waals surface area contributed by atoms with Gasteiger partial charge in [0.2, 0.25) is 5.91 Å². The number of hydrogen-bond donors (Lipinski definition) is 3. The summed E-state index contributed by atoms with van der Waals surface area (Å²) in [4.78, 5) is 31.3. The van der Waals surface area contributed by atoms with Crippen LogP contribution in [-0.2, 0) is 10.5 Å². The number of rotatable bonds is 6. The van der Waals surface area contributed by atoms with Gasteiger partial charge in [0, 0.05) is 24.3 Å². The maximum Gasteiger partial charge on any atom is 0.258 e. The molecule has 6 nitrogen and oxygen atoms in total. The van der Waals surface area contributed by atoms with Gasteiger partial charge in [-0.2, -0.15) is 11.8 Å². The molecule has 134 valence electrons. The largest absolute Gasteiger partial charge is 0.353 e. The van der Waals surface area contributed by atoms with E-state index in [0.29, 0.717) is 40.7 Å². The SMILES string of the molecule is NC1CCC(NC(=O)CCSCc2nc3ccccc3c(=O)[nH]2)CC1. The van der Waals surface area contributed by atoms with E-state index in [1.54, 1.807) is 17.8 Å². The van der Waals surface area contributed by atoms with Gasteiger partial charge in [-0.05, 0) is 37.8 Å². The van der Waals surface area contributed by atoms with Crippen LogP contribution in [0.25, 0.3) is 10.9 Å². The summed E-state index contributed by atoms with van der Waals surface area (Å²) >= 11 is 1.60. The predicted molar refractivity (Wildman–Crippen MR) is 102 cm³/mol. The van der Waals surface area contributed by atoms with Crippen LogP contribution >= 0.6 is 11.8 Å². The highest BCUT2D eigenvalue weighted by Crippen LogP contribution is 2.17. The van der Waals surface area contributed by atoms with Gasteiger partial charge in [-0.15, -0.1) is 0 Å². The Morgan fingerprint density at radius 1 is 1.28 bits per heavy atom. The number of thioether (sulfide) groups is 1. The first-order chi connectivity index (χ1) is 12.1. The van der Waals surface area contributed by atoms with E-state index in [1.807, 2.05) is 18.2 Å². The first kappa shape index (κ1) is 17.9. The Kier molecular flexibility index (Phi) is 6.09. The molecule has 0 atom stereocenters. The van der Waals surface area contributed by atoms with Crippen LogP contribution in [0, 0.1) is 0 Å². The van der Waals surface area contributed by atoms with Crippen molar-refractivity contribution in [2.24, 2.45) is 5.73 Å². The summed E-state index contributed by atoms with van der Waals surface area (Å²) in [6.07, 6.45) is 4.40. The Labute approximate surface area is 151 Å². The number of benzene rings is 1. The molecule has 0 bridgehead atoms. The third-order valence-corrected chi connectivity index (χ3v) is 5.48. The third kappa shape index (κ3) is 5.06. The van der Waals surface area contributed by atoms with Crippen LogP contribution in [-0.4, -0.2) is 33.7 Å². The molecule has 2 aromatic rings. The average molecular weight is 360 g/mol. The minimum Gasteiger partial charge on any atom is -0.353 e. The summed E-state index contributed by atoms with van der Waals surface area (Å²) < 4.78 is 0. The molecule has 4 N–H and O–H groups in total. The Balaban J connectivity index is 1.42. The molecule has 25 heavy (non-hydrogen) atoms. The van der Waals surface area contributed by atoms with Crippen molar-refractivity contribution in [2.75, 3.05) is 5.75 Å². The van der Waals surface area contributed by atoms with Crippen LogP contribution in [0.5, 0.6) is 0 Å². The van der Waals surface area contributed by atoms with Gasteiger partial charge in [-0.25, -0.2) is 4.98 Å². The van der Waals surface area contributed by atoms with Crippen LogP contribution in [0.1, 0.15) is 37.9 Å². The molecule has 1 saturated carbocycles. The smallest absolute Gasteiger partial charge is 0.258 e. The normalized spacial score (nSPS) is 20.5. The van der Waals surface area contributed by atoms with Crippen LogP contribution in [0.3, 0.4) is 0 Å². The molecule has 1 aromatic carbocycles. The molecule has 3 rings (SSSR count). The number of nitrogens with zero attached hydrogens (tertiary/aromatic N) is 1. The van der Waals surface area contributed by atoms with E-state index in [4.69, 9.17) is 5.73 Å². The Hall–Kier alpha value is -1.86. The van der Waals surface area contributed by atoms with Gasteiger partial charge in [0.05, 0.1) is 16.7 Å². The summed E-state index contributed by atoms with van der Waals surface area (Å²) in [6, 6.07) is 7.86. The standard InChI is InChI=1S/C18H24N4O2S/c19-12-5-7-13(8-6-12)20-17(23)9-10-25-11-16-21-15-4-2-1-3-14(15)18(24)22-16/h1-4,12-13H,5-11,19H2,(H,20,23)(H,21,22,24).